The van der Waals surface area contributed by atoms with Gasteiger partial charge in [0, 0.05) is 0 Å². The second kappa shape index (κ2) is 6.07. The van der Waals surface area contributed by atoms with E-state index in [0.29, 0.717) is 0 Å². The number of benzene rings is 1. The minimum absolute atomic E-state index is 1.08. The molecule has 3 heteroatoms. The maximum Gasteiger partial charge on any atom is -0.00142 e. The van der Waals surface area contributed by atoms with Crippen LogP contribution in [-0.2, 0) is 11.1 Å². The van der Waals surface area contributed by atoms with E-state index in [-0.39, 0.29) is 0 Å². The van der Waals surface area contributed by atoms with E-state index >= 15 is 0 Å². The Bertz CT molecular complexity index is 205. The molecule has 0 aliphatic carbocycles. The van der Waals surface area contributed by atoms with Crippen molar-refractivity contribution in [2.24, 2.45) is 0 Å². The first-order valence-electron chi connectivity index (χ1n) is 3.15. The fourth-order valence-electron chi connectivity index (χ4n) is 0.534. The van der Waals surface area contributed by atoms with Gasteiger partial charge in [-0.15, -0.1) is 0 Å². The van der Waals surface area contributed by atoms with E-state index in [1.54, 1.807) is 0 Å². The summed E-state index contributed by atoms with van der Waals surface area (Å²) in [5, 5.41) is 0. The Labute approximate surface area is 69.5 Å². The molecule has 0 bridgehead atoms. The van der Waals surface area contributed by atoms with E-state index in [0.717, 1.165) is 6.26 Å². The van der Waals surface area contributed by atoms with Crippen LogP contribution in [0.2, 0.25) is 0 Å². The van der Waals surface area contributed by atoms with Gasteiger partial charge in [0.05, 0.1) is 0 Å². The van der Waals surface area contributed by atoms with Crippen LogP contribution in [-0.4, -0.2) is 15.0 Å². The molecular formula is C8H11O2S-. The summed E-state index contributed by atoms with van der Waals surface area (Å²) in [5.41, 5.74) is 1.32. The van der Waals surface area contributed by atoms with Crippen LogP contribution >= 0.6 is 0 Å². The molecule has 1 aromatic carbocycles. The Hall–Kier alpha value is -0.670. The third-order valence-corrected chi connectivity index (χ3v) is 0.940. The number of hydrogen-bond acceptors (Lipinski definition) is 2. The number of rotatable bonds is 0. The molecule has 1 unspecified atom stereocenters. The van der Waals surface area contributed by atoms with Crippen molar-refractivity contribution in [1.82, 2.24) is 0 Å². The van der Waals surface area contributed by atoms with E-state index in [1.165, 1.54) is 5.56 Å². The molecule has 11 heavy (non-hydrogen) atoms. The van der Waals surface area contributed by atoms with Crippen molar-refractivity contribution in [3.05, 3.63) is 35.9 Å². The van der Waals surface area contributed by atoms with Gasteiger partial charge in [-0.3, -0.25) is 4.21 Å². The van der Waals surface area contributed by atoms with Gasteiger partial charge in [-0.2, -0.15) is 0 Å². The van der Waals surface area contributed by atoms with E-state index in [4.69, 9.17) is 8.76 Å². The lowest BCUT2D eigenvalue weighted by Crippen LogP contribution is -1.73. The van der Waals surface area contributed by atoms with E-state index < -0.39 is 11.1 Å². The Kier molecular flexibility index (Phi) is 5.70. The predicted octanol–water partition coefficient (Wildman–Crippen LogP) is 1.49. The lowest BCUT2D eigenvalue weighted by atomic mass is 10.2. The summed E-state index contributed by atoms with van der Waals surface area (Å²) in [4.78, 5) is 0. The zero-order chi connectivity index (χ0) is 8.69. The summed E-state index contributed by atoms with van der Waals surface area (Å²) in [6.45, 7) is 2.08. The molecule has 0 heterocycles. The zero-order valence-corrected chi connectivity index (χ0v) is 7.43. The van der Waals surface area contributed by atoms with Crippen LogP contribution in [0.15, 0.2) is 30.3 Å². The van der Waals surface area contributed by atoms with Crippen LogP contribution < -0.4 is 0 Å². The molecule has 62 valence electrons. The molecule has 0 aliphatic heterocycles. The van der Waals surface area contributed by atoms with Crippen molar-refractivity contribution in [3.63, 3.8) is 0 Å². The molecule has 0 spiro atoms. The smallest absolute Gasteiger partial charge is 0.00142 e. The van der Waals surface area contributed by atoms with Gasteiger partial charge >= 0.3 is 0 Å². The maximum atomic E-state index is 9.00. The van der Waals surface area contributed by atoms with Gasteiger partial charge in [0.2, 0.25) is 0 Å². The van der Waals surface area contributed by atoms with Gasteiger partial charge in [-0.05, 0) is 13.2 Å². The minimum Gasteiger partial charge on any atom is -0.773 e. The van der Waals surface area contributed by atoms with Crippen molar-refractivity contribution >= 4 is 11.1 Å². The molecule has 0 saturated carbocycles. The van der Waals surface area contributed by atoms with Gasteiger partial charge < -0.3 is 4.55 Å². The fourth-order valence-corrected chi connectivity index (χ4v) is 0.534. The van der Waals surface area contributed by atoms with Crippen molar-refractivity contribution in [1.29, 1.82) is 0 Å². The molecule has 1 atom stereocenters. The highest BCUT2D eigenvalue weighted by molar-refractivity contribution is 7.78. The summed E-state index contributed by atoms with van der Waals surface area (Å²) in [5.74, 6) is 0. The Balaban J connectivity index is 0.000000218. The molecule has 0 saturated heterocycles. The molecule has 2 nitrogen and oxygen atoms in total. The SMILES string of the molecule is CS(=O)[O-].Cc1ccccc1. The first-order chi connectivity index (χ1) is 5.13. The molecule has 0 radical (unpaired) electrons. The topological polar surface area (TPSA) is 40.1 Å². The van der Waals surface area contributed by atoms with Crippen LogP contribution in [0.1, 0.15) is 5.56 Å². The van der Waals surface area contributed by atoms with Crippen LogP contribution in [0.4, 0.5) is 0 Å². The first-order valence-corrected chi connectivity index (χ1v) is 4.64. The zero-order valence-electron chi connectivity index (χ0n) is 6.61. The second-order valence-electron chi connectivity index (χ2n) is 2.06. The summed E-state index contributed by atoms with van der Waals surface area (Å²) in [6.07, 6.45) is 1.08. The normalized spacial score (nSPS) is 11.2. The van der Waals surface area contributed by atoms with Crippen LogP contribution in [0.3, 0.4) is 0 Å². The van der Waals surface area contributed by atoms with Crippen molar-refractivity contribution in [2.75, 3.05) is 6.26 Å². The van der Waals surface area contributed by atoms with Crippen molar-refractivity contribution in [2.45, 2.75) is 6.92 Å². The summed E-state index contributed by atoms with van der Waals surface area (Å²) < 4.78 is 18.0. The van der Waals surface area contributed by atoms with Gasteiger partial charge in [-0.25, -0.2) is 0 Å². The minimum atomic E-state index is -1.86. The summed E-state index contributed by atoms with van der Waals surface area (Å²) in [6, 6.07) is 10.3. The van der Waals surface area contributed by atoms with Crippen LogP contribution in [0.25, 0.3) is 0 Å². The highest BCUT2D eigenvalue weighted by atomic mass is 32.2. The van der Waals surface area contributed by atoms with Gasteiger partial charge in [0.1, 0.15) is 0 Å². The lowest BCUT2D eigenvalue weighted by Gasteiger charge is -1.85. The van der Waals surface area contributed by atoms with E-state index in [2.05, 4.69) is 19.1 Å². The second-order valence-corrected chi connectivity index (χ2v) is 2.86. The van der Waals surface area contributed by atoms with E-state index in [1.807, 2.05) is 18.2 Å². The van der Waals surface area contributed by atoms with Crippen LogP contribution in [0.5, 0.6) is 0 Å². The monoisotopic (exact) mass is 171 g/mol. The van der Waals surface area contributed by atoms with Crippen molar-refractivity contribution < 1.29 is 8.76 Å². The maximum absolute atomic E-state index is 9.00. The van der Waals surface area contributed by atoms with Gasteiger partial charge in [0.15, 0.2) is 0 Å². The summed E-state index contributed by atoms with van der Waals surface area (Å²) >= 11 is -1.86. The Morgan fingerprint density at radius 2 is 1.64 bits per heavy atom. The third kappa shape index (κ3) is 9.33. The first kappa shape index (κ1) is 10.3. The molecule has 0 aliphatic rings. The summed E-state index contributed by atoms with van der Waals surface area (Å²) in [7, 11) is 0. The molecule has 0 aromatic heterocycles. The molecule has 1 rings (SSSR count). The number of hydrogen-bond donors (Lipinski definition) is 0. The molecular weight excluding hydrogens is 160 g/mol. The average Bonchev–Trinajstić information content (AvgIpc) is 1.87. The molecule has 0 fully saturated rings. The molecule has 0 amide bonds. The van der Waals surface area contributed by atoms with Crippen molar-refractivity contribution in [3.8, 4) is 0 Å². The third-order valence-electron chi connectivity index (χ3n) is 0.940. The highest BCUT2D eigenvalue weighted by Crippen LogP contribution is 1.92. The fraction of sp³-hybridized carbons (Fsp3) is 0.250. The van der Waals surface area contributed by atoms with Crippen LogP contribution in [0, 0.1) is 6.92 Å². The quantitative estimate of drug-likeness (QED) is 0.555. The average molecular weight is 171 g/mol. The van der Waals surface area contributed by atoms with Gasteiger partial charge in [0.25, 0.3) is 0 Å². The number of aryl methyl sites for hydroxylation is 1. The van der Waals surface area contributed by atoms with E-state index in [9.17, 15) is 0 Å². The van der Waals surface area contributed by atoms with Gasteiger partial charge in [-0.1, -0.05) is 47.0 Å². The lowest BCUT2D eigenvalue weighted by molar-refractivity contribution is 0.543. The predicted molar refractivity (Wildman–Crippen MR) is 46.0 cm³/mol. The Morgan fingerprint density at radius 3 is 1.82 bits per heavy atom. The highest BCUT2D eigenvalue weighted by Gasteiger charge is 1.72. The molecule has 1 aromatic rings. The molecule has 0 N–H and O–H groups in total. The standard InChI is InChI=1S/C7H8.CH4O2S/c1-7-5-3-2-4-6-7;1-4(2)3/h2-6H,1H3;1H3,(H,2,3)/p-1. The largest absolute Gasteiger partial charge is 0.773 e. The Morgan fingerprint density at radius 1 is 1.27 bits per heavy atom.